The zero-order valence-electron chi connectivity index (χ0n) is 11.8. The van der Waals surface area contributed by atoms with Crippen LogP contribution in [0.1, 0.15) is 19.8 Å². The number of hydrogen-bond donors (Lipinski definition) is 3. The molecule has 0 saturated heterocycles. The van der Waals surface area contributed by atoms with Crippen LogP contribution in [0.4, 0.5) is 5.69 Å². The normalized spacial score (nSPS) is 12.7. The number of benzene rings is 1. The minimum atomic E-state index is -3.50. The molecular formula is C13H18N2O5S. The quantitative estimate of drug-likeness (QED) is 0.696. The molecule has 1 atom stereocenters. The Hall–Kier alpha value is -1.93. The molecular weight excluding hydrogens is 296 g/mol. The van der Waals surface area contributed by atoms with E-state index in [4.69, 9.17) is 5.11 Å². The first kappa shape index (κ1) is 17.1. The number of rotatable bonds is 7. The number of hydrogen-bond acceptors (Lipinski definition) is 4. The minimum Gasteiger partial charge on any atom is -0.481 e. The van der Waals surface area contributed by atoms with E-state index in [1.54, 1.807) is 6.92 Å². The Morgan fingerprint density at radius 2 is 1.76 bits per heavy atom. The number of sulfonamides is 1. The maximum absolute atomic E-state index is 11.7. The summed E-state index contributed by atoms with van der Waals surface area (Å²) in [7, 11) is -2.19. The van der Waals surface area contributed by atoms with E-state index in [0.717, 1.165) is 0 Å². The number of carbonyl (C=O) groups is 2. The molecule has 0 spiro atoms. The third kappa shape index (κ3) is 5.52. The molecule has 0 fully saturated rings. The molecule has 1 amide bonds. The lowest BCUT2D eigenvalue weighted by Crippen LogP contribution is -2.19. The van der Waals surface area contributed by atoms with Crippen LogP contribution in [0, 0.1) is 5.92 Å². The number of carbonyl (C=O) groups excluding carboxylic acids is 1. The topological polar surface area (TPSA) is 113 Å². The van der Waals surface area contributed by atoms with E-state index in [0.29, 0.717) is 5.69 Å². The zero-order chi connectivity index (χ0) is 16.0. The number of amides is 1. The summed E-state index contributed by atoms with van der Waals surface area (Å²) in [6.07, 6.45) is 0.00956. The maximum atomic E-state index is 11.7. The van der Waals surface area contributed by atoms with E-state index in [9.17, 15) is 18.0 Å². The first-order chi connectivity index (χ1) is 9.74. The summed E-state index contributed by atoms with van der Waals surface area (Å²) in [5.74, 6) is -1.53. The van der Waals surface area contributed by atoms with Crippen molar-refractivity contribution in [2.24, 2.45) is 5.92 Å². The van der Waals surface area contributed by atoms with Gasteiger partial charge in [-0.1, -0.05) is 6.92 Å². The first-order valence-electron chi connectivity index (χ1n) is 6.30. The molecule has 116 valence electrons. The van der Waals surface area contributed by atoms with Crippen molar-refractivity contribution < 1.29 is 23.1 Å². The van der Waals surface area contributed by atoms with Crippen LogP contribution in [0.25, 0.3) is 0 Å². The van der Waals surface area contributed by atoms with E-state index < -0.39 is 16.0 Å². The predicted octanol–water partition coefficient (Wildman–Crippen LogP) is 1.03. The van der Waals surface area contributed by atoms with Crippen LogP contribution in [-0.4, -0.2) is 32.4 Å². The Kier molecular flexibility index (Phi) is 5.86. The standard InChI is InChI=1S/C13H18N2O5S/c1-9(8-13(17)18)7-12(16)15-10-3-5-11(6-4-10)21(19,20)14-2/h3-6,9,14H,7-8H2,1-2H3,(H,15,16)(H,17,18). The van der Waals surface area contributed by atoms with Crippen molar-refractivity contribution in [1.29, 1.82) is 0 Å². The molecule has 0 aliphatic carbocycles. The summed E-state index contributed by atoms with van der Waals surface area (Å²) in [4.78, 5) is 22.3. The third-order valence-corrected chi connectivity index (χ3v) is 4.20. The number of carboxylic acids is 1. The van der Waals surface area contributed by atoms with Gasteiger partial charge in [0.05, 0.1) is 4.90 Å². The van der Waals surface area contributed by atoms with Gasteiger partial charge in [-0.25, -0.2) is 13.1 Å². The van der Waals surface area contributed by atoms with Crippen molar-refractivity contribution in [3.63, 3.8) is 0 Å². The molecule has 21 heavy (non-hydrogen) atoms. The fraction of sp³-hybridized carbons (Fsp3) is 0.385. The van der Waals surface area contributed by atoms with Crippen molar-refractivity contribution in [1.82, 2.24) is 4.72 Å². The molecule has 0 bridgehead atoms. The number of nitrogens with one attached hydrogen (secondary N) is 2. The molecule has 0 aromatic heterocycles. The van der Waals surface area contributed by atoms with E-state index >= 15 is 0 Å². The van der Waals surface area contributed by atoms with Gasteiger partial charge in [0.1, 0.15) is 0 Å². The van der Waals surface area contributed by atoms with Gasteiger partial charge in [0.25, 0.3) is 0 Å². The van der Waals surface area contributed by atoms with Crippen molar-refractivity contribution in [3.8, 4) is 0 Å². The van der Waals surface area contributed by atoms with Crippen LogP contribution in [0.2, 0.25) is 0 Å². The summed E-state index contributed by atoms with van der Waals surface area (Å²) >= 11 is 0. The second-order valence-electron chi connectivity index (χ2n) is 4.69. The summed E-state index contributed by atoms with van der Waals surface area (Å²) < 4.78 is 25.2. The van der Waals surface area contributed by atoms with Crippen molar-refractivity contribution >= 4 is 27.6 Å². The van der Waals surface area contributed by atoms with E-state index in [-0.39, 0.29) is 29.6 Å². The Labute approximate surface area is 123 Å². The second-order valence-corrected chi connectivity index (χ2v) is 6.57. The van der Waals surface area contributed by atoms with Gasteiger partial charge in [0.15, 0.2) is 0 Å². The molecule has 0 heterocycles. The molecule has 1 aromatic carbocycles. The van der Waals surface area contributed by atoms with Gasteiger partial charge in [-0.3, -0.25) is 9.59 Å². The fourth-order valence-corrected chi connectivity index (χ4v) is 2.46. The maximum Gasteiger partial charge on any atom is 0.303 e. The summed E-state index contributed by atoms with van der Waals surface area (Å²) in [5, 5.41) is 11.2. The monoisotopic (exact) mass is 314 g/mol. The molecule has 8 heteroatoms. The van der Waals surface area contributed by atoms with Crippen LogP contribution in [0.3, 0.4) is 0 Å². The average Bonchev–Trinajstić information content (AvgIpc) is 2.38. The Morgan fingerprint density at radius 1 is 1.19 bits per heavy atom. The van der Waals surface area contributed by atoms with Crippen molar-refractivity contribution in [3.05, 3.63) is 24.3 Å². The van der Waals surface area contributed by atoms with E-state index in [1.807, 2.05) is 0 Å². The van der Waals surface area contributed by atoms with Crippen LogP contribution < -0.4 is 10.0 Å². The smallest absolute Gasteiger partial charge is 0.303 e. The molecule has 1 rings (SSSR count). The van der Waals surface area contributed by atoms with E-state index in [1.165, 1.54) is 31.3 Å². The second kappa shape index (κ2) is 7.19. The molecule has 1 unspecified atom stereocenters. The van der Waals surface area contributed by atoms with Crippen LogP contribution in [0.5, 0.6) is 0 Å². The highest BCUT2D eigenvalue weighted by Gasteiger charge is 2.14. The van der Waals surface area contributed by atoms with Gasteiger partial charge in [-0.05, 0) is 37.2 Å². The highest BCUT2D eigenvalue weighted by molar-refractivity contribution is 7.89. The van der Waals surface area contributed by atoms with Crippen LogP contribution >= 0.6 is 0 Å². The molecule has 0 aliphatic heterocycles. The zero-order valence-corrected chi connectivity index (χ0v) is 12.6. The fourth-order valence-electron chi connectivity index (χ4n) is 1.73. The Morgan fingerprint density at radius 3 is 2.24 bits per heavy atom. The SMILES string of the molecule is CNS(=O)(=O)c1ccc(NC(=O)CC(C)CC(=O)O)cc1. The molecule has 1 aromatic rings. The van der Waals surface area contributed by atoms with Crippen molar-refractivity contribution in [2.45, 2.75) is 24.7 Å². The predicted molar refractivity (Wildman–Crippen MR) is 77.4 cm³/mol. The van der Waals surface area contributed by atoms with E-state index in [2.05, 4.69) is 10.0 Å². The summed E-state index contributed by atoms with van der Waals surface area (Å²) in [5.41, 5.74) is 0.456. The van der Waals surface area contributed by atoms with Gasteiger partial charge in [0.2, 0.25) is 15.9 Å². The lowest BCUT2D eigenvalue weighted by Gasteiger charge is -2.10. The minimum absolute atomic E-state index is 0.0766. The number of anilines is 1. The number of aliphatic carboxylic acids is 1. The molecule has 0 saturated carbocycles. The highest BCUT2D eigenvalue weighted by Crippen LogP contribution is 2.15. The largest absolute Gasteiger partial charge is 0.481 e. The van der Waals surface area contributed by atoms with Crippen molar-refractivity contribution in [2.75, 3.05) is 12.4 Å². The molecule has 0 radical (unpaired) electrons. The summed E-state index contributed by atoms with van der Waals surface area (Å²) in [6, 6.07) is 5.71. The summed E-state index contributed by atoms with van der Waals surface area (Å²) in [6.45, 7) is 1.68. The Balaban J connectivity index is 2.64. The molecule has 7 nitrogen and oxygen atoms in total. The number of carboxylic acid groups (broad SMARTS) is 1. The van der Waals surface area contributed by atoms with Gasteiger partial charge in [-0.15, -0.1) is 0 Å². The third-order valence-electron chi connectivity index (χ3n) is 2.77. The van der Waals surface area contributed by atoms with Crippen LogP contribution in [0.15, 0.2) is 29.2 Å². The Bertz CT molecular complexity index is 610. The molecule has 0 aliphatic rings. The molecule has 3 N–H and O–H groups in total. The lowest BCUT2D eigenvalue weighted by molar-refractivity contribution is -0.138. The lowest BCUT2D eigenvalue weighted by atomic mass is 10.0. The van der Waals surface area contributed by atoms with Gasteiger partial charge >= 0.3 is 5.97 Å². The van der Waals surface area contributed by atoms with Gasteiger partial charge in [-0.2, -0.15) is 0 Å². The highest BCUT2D eigenvalue weighted by atomic mass is 32.2. The average molecular weight is 314 g/mol. The first-order valence-corrected chi connectivity index (χ1v) is 7.78. The van der Waals surface area contributed by atoms with Crippen LogP contribution in [-0.2, 0) is 19.6 Å². The van der Waals surface area contributed by atoms with Gasteiger partial charge < -0.3 is 10.4 Å². The van der Waals surface area contributed by atoms with Gasteiger partial charge in [0, 0.05) is 18.5 Å².